The Hall–Kier alpha value is -0.890. The lowest BCUT2D eigenvalue weighted by Crippen LogP contribution is -2.68. The van der Waals surface area contributed by atoms with E-state index in [2.05, 4.69) is 39.9 Å². The Labute approximate surface area is 217 Å². The number of fused-ring (bicyclic) bond motifs is 5. The number of amides is 1. The number of hydrogen-bond acceptors (Lipinski definition) is 6. The first-order valence-electron chi connectivity index (χ1n) is 14.4. The molecule has 1 aliphatic heterocycles. The third-order valence-electron chi connectivity index (χ3n) is 11.7. The number of rotatable bonds is 3. The first kappa shape index (κ1) is 26.7. The molecule has 5 aliphatic rings. The molecule has 1 amide bonds. The summed E-state index contributed by atoms with van der Waals surface area (Å²) < 4.78 is 18.0. The number of carbonyl (C=O) groups is 1. The second-order valence-corrected chi connectivity index (χ2v) is 14.2. The van der Waals surface area contributed by atoms with Gasteiger partial charge in [0.25, 0.3) is 0 Å². The second kappa shape index (κ2) is 9.10. The summed E-state index contributed by atoms with van der Waals surface area (Å²) in [6, 6.07) is 0. The van der Waals surface area contributed by atoms with Crippen LogP contribution in [0.1, 0.15) is 86.0 Å². The van der Waals surface area contributed by atoms with Crippen LogP contribution in [-0.2, 0) is 14.2 Å². The molecule has 4 aliphatic carbocycles. The first-order valence-corrected chi connectivity index (χ1v) is 14.4. The van der Waals surface area contributed by atoms with Crippen molar-refractivity contribution in [2.24, 2.45) is 45.8 Å². The summed E-state index contributed by atoms with van der Waals surface area (Å²) in [6.07, 6.45) is 5.21. The molecule has 10 atom stereocenters. The minimum Gasteiger partial charge on any atom is -0.446 e. The fraction of sp³-hybridized carbons (Fsp3) is 0.966. The molecule has 1 saturated heterocycles. The standard InChI is InChI=1S/C29H49NO6/c1-17(24-34-15-26(2,3)16-35-24)20-7-8-21-19-9-12-29(33)14-18(36-25(32)30-6)13-23(31)28(29,5)22(19)10-11-27(20,21)4/h17-24,31,33H,7-16H2,1-6H3,(H,30,32)/t17?,18-,19-,20+,21-,22-,23-,27+,28-,29+/m0/s1. The van der Waals surface area contributed by atoms with Crippen LogP contribution in [0, 0.1) is 45.8 Å². The molecule has 36 heavy (non-hydrogen) atoms. The van der Waals surface area contributed by atoms with Gasteiger partial charge in [0.15, 0.2) is 6.29 Å². The Balaban J connectivity index is 1.33. The van der Waals surface area contributed by atoms with Crippen molar-refractivity contribution in [3.63, 3.8) is 0 Å². The smallest absolute Gasteiger partial charge is 0.407 e. The van der Waals surface area contributed by atoms with E-state index in [4.69, 9.17) is 14.2 Å². The SMILES string of the molecule is CNC(=O)O[C@H]1C[C@H](O)[C@]2(C)[C@H]3CC[C@]4(C)[C@@H](C(C)C5OCC(C)(C)CO5)CC[C@H]4[C@@H]3CC[C@@]2(O)C1. The maximum Gasteiger partial charge on any atom is 0.407 e. The maximum atomic E-state index is 12.0. The first-order chi connectivity index (χ1) is 16.8. The van der Waals surface area contributed by atoms with Gasteiger partial charge < -0.3 is 29.7 Å². The molecule has 0 aromatic carbocycles. The van der Waals surface area contributed by atoms with Crippen molar-refractivity contribution in [2.75, 3.05) is 20.3 Å². The fourth-order valence-electron chi connectivity index (χ4n) is 9.69. The van der Waals surface area contributed by atoms with E-state index in [1.54, 1.807) is 0 Å². The van der Waals surface area contributed by atoms with Crippen molar-refractivity contribution in [3.8, 4) is 0 Å². The molecule has 206 valence electrons. The molecule has 7 heteroatoms. The van der Waals surface area contributed by atoms with Crippen molar-refractivity contribution < 1.29 is 29.2 Å². The van der Waals surface area contributed by atoms with E-state index in [1.807, 2.05) is 0 Å². The molecule has 1 unspecified atom stereocenters. The number of nitrogens with one attached hydrogen (secondary N) is 1. The summed E-state index contributed by atoms with van der Waals surface area (Å²) in [5, 5.41) is 25.9. The molecule has 0 aromatic rings. The Kier molecular flexibility index (Phi) is 6.75. The van der Waals surface area contributed by atoms with Gasteiger partial charge in [-0.1, -0.05) is 34.6 Å². The third kappa shape index (κ3) is 4.02. The number of carbonyl (C=O) groups excluding carboxylic acids is 1. The minimum atomic E-state index is -1.01. The zero-order valence-electron chi connectivity index (χ0n) is 23.2. The van der Waals surface area contributed by atoms with Crippen LogP contribution in [0.5, 0.6) is 0 Å². The Morgan fingerprint density at radius 3 is 2.39 bits per heavy atom. The van der Waals surface area contributed by atoms with Crippen molar-refractivity contribution in [1.82, 2.24) is 5.32 Å². The third-order valence-corrected chi connectivity index (χ3v) is 11.7. The molecule has 0 aromatic heterocycles. The highest BCUT2D eigenvalue weighted by molar-refractivity contribution is 5.66. The molecule has 3 N–H and O–H groups in total. The Morgan fingerprint density at radius 2 is 1.72 bits per heavy atom. The van der Waals surface area contributed by atoms with E-state index in [9.17, 15) is 15.0 Å². The lowest BCUT2D eigenvalue weighted by Gasteiger charge is -2.65. The molecule has 0 spiro atoms. The topological polar surface area (TPSA) is 97.3 Å². The number of aliphatic hydroxyl groups is 2. The van der Waals surface area contributed by atoms with Crippen LogP contribution < -0.4 is 5.32 Å². The summed E-state index contributed by atoms with van der Waals surface area (Å²) in [7, 11) is 1.54. The van der Waals surface area contributed by atoms with Gasteiger partial charge in [0.05, 0.1) is 24.9 Å². The van der Waals surface area contributed by atoms with Gasteiger partial charge >= 0.3 is 6.09 Å². The normalized spacial score (nSPS) is 49.3. The largest absolute Gasteiger partial charge is 0.446 e. The average molecular weight is 508 g/mol. The van der Waals surface area contributed by atoms with Gasteiger partial charge in [-0.05, 0) is 67.6 Å². The lowest BCUT2D eigenvalue weighted by atomic mass is 9.42. The summed E-state index contributed by atoms with van der Waals surface area (Å²) in [4.78, 5) is 11.8. The van der Waals surface area contributed by atoms with Gasteiger partial charge in [-0.25, -0.2) is 4.79 Å². The molecule has 0 radical (unpaired) electrons. The van der Waals surface area contributed by atoms with E-state index in [0.29, 0.717) is 42.9 Å². The van der Waals surface area contributed by atoms with Gasteiger partial charge in [0.2, 0.25) is 0 Å². The van der Waals surface area contributed by atoms with Crippen molar-refractivity contribution in [3.05, 3.63) is 0 Å². The van der Waals surface area contributed by atoms with Gasteiger partial charge in [-0.15, -0.1) is 0 Å². The number of hydrogen-bond donors (Lipinski definition) is 3. The second-order valence-electron chi connectivity index (χ2n) is 14.2. The summed E-state index contributed by atoms with van der Waals surface area (Å²) in [5.41, 5.74) is -1.28. The predicted molar refractivity (Wildman–Crippen MR) is 136 cm³/mol. The molecule has 7 nitrogen and oxygen atoms in total. The van der Waals surface area contributed by atoms with Gasteiger partial charge in [0, 0.05) is 36.6 Å². The zero-order valence-corrected chi connectivity index (χ0v) is 23.2. The van der Waals surface area contributed by atoms with Gasteiger partial charge in [0.1, 0.15) is 6.10 Å². The van der Waals surface area contributed by atoms with E-state index in [-0.39, 0.29) is 23.0 Å². The zero-order chi connectivity index (χ0) is 26.1. The average Bonchev–Trinajstić information content (AvgIpc) is 3.17. The highest BCUT2D eigenvalue weighted by Crippen LogP contribution is 2.69. The minimum absolute atomic E-state index is 0.0793. The molecule has 4 saturated carbocycles. The van der Waals surface area contributed by atoms with E-state index < -0.39 is 29.3 Å². The summed E-state index contributed by atoms with van der Waals surface area (Å²) in [5.74, 6) is 2.29. The summed E-state index contributed by atoms with van der Waals surface area (Å²) in [6.45, 7) is 12.8. The van der Waals surface area contributed by atoms with Gasteiger partial charge in [-0.3, -0.25) is 0 Å². The lowest BCUT2D eigenvalue weighted by molar-refractivity contribution is -0.265. The van der Waals surface area contributed by atoms with Gasteiger partial charge in [-0.2, -0.15) is 0 Å². The molecule has 5 fully saturated rings. The Bertz CT molecular complexity index is 840. The monoisotopic (exact) mass is 507 g/mol. The summed E-state index contributed by atoms with van der Waals surface area (Å²) >= 11 is 0. The molecule has 1 heterocycles. The van der Waals surface area contributed by atoms with Crippen molar-refractivity contribution >= 4 is 6.09 Å². The van der Waals surface area contributed by atoms with Crippen LogP contribution in [-0.4, -0.2) is 60.7 Å². The number of ether oxygens (including phenoxy) is 3. The van der Waals surface area contributed by atoms with E-state index >= 15 is 0 Å². The molecule has 0 bridgehead atoms. The molecular formula is C29H49NO6. The van der Waals surface area contributed by atoms with E-state index in [0.717, 1.165) is 32.5 Å². The van der Waals surface area contributed by atoms with Crippen LogP contribution in [0.15, 0.2) is 0 Å². The van der Waals surface area contributed by atoms with Crippen molar-refractivity contribution in [1.29, 1.82) is 0 Å². The van der Waals surface area contributed by atoms with Crippen LogP contribution >= 0.6 is 0 Å². The van der Waals surface area contributed by atoms with Crippen molar-refractivity contribution in [2.45, 2.75) is 110 Å². The van der Waals surface area contributed by atoms with Crippen LogP contribution in [0.4, 0.5) is 4.79 Å². The number of alkyl carbamates (subject to hydrolysis) is 1. The maximum absolute atomic E-state index is 12.0. The molecular weight excluding hydrogens is 458 g/mol. The fourth-order valence-corrected chi connectivity index (χ4v) is 9.69. The highest BCUT2D eigenvalue weighted by Gasteiger charge is 2.68. The predicted octanol–water partition coefficient (Wildman–Crippen LogP) is 4.49. The highest BCUT2D eigenvalue weighted by atomic mass is 16.7. The molecule has 5 rings (SSSR count). The van der Waals surface area contributed by atoms with Crippen LogP contribution in [0.3, 0.4) is 0 Å². The van der Waals surface area contributed by atoms with Crippen LogP contribution in [0.2, 0.25) is 0 Å². The quantitative estimate of drug-likeness (QED) is 0.521. The number of aliphatic hydroxyl groups excluding tert-OH is 1. The Morgan fingerprint density at radius 1 is 1.03 bits per heavy atom. The van der Waals surface area contributed by atoms with E-state index in [1.165, 1.54) is 19.9 Å². The van der Waals surface area contributed by atoms with Crippen LogP contribution in [0.25, 0.3) is 0 Å².